The van der Waals surface area contributed by atoms with Crippen molar-refractivity contribution in [2.45, 2.75) is 129 Å². The number of ether oxygens (including phenoxy) is 4. The highest BCUT2D eigenvalue weighted by Gasteiger charge is 2.32. The summed E-state index contributed by atoms with van der Waals surface area (Å²) in [6.07, 6.45) is 11.7. The van der Waals surface area contributed by atoms with Crippen LogP contribution in [0.25, 0.3) is 22.3 Å². The standard InChI is InChI=1S/C52H58N2O8/c1-3-8-35-12-16-37(17-13-35)20-32-47(55)59-42-26-22-40(23-27-42)51(57)61-45-30-31-46(49-44(45)34-53-50(54-49)39-10-6-5-7-11-39)62-52(58)41-24-28-43(29-25-41)60-48(56)33-21-38-18-14-36(9-4-2)15-19-38/h5-7,10-19,30-31,34,40-43H,3-4,8-9,20-29,32-33H2,1-2H3/t40-,41-,42-,43-. The minimum atomic E-state index is -0.384. The average Bonchev–Trinajstić information content (AvgIpc) is 3.30. The van der Waals surface area contributed by atoms with Gasteiger partial charge in [0.25, 0.3) is 0 Å². The van der Waals surface area contributed by atoms with E-state index in [0.717, 1.165) is 42.4 Å². The fourth-order valence-corrected chi connectivity index (χ4v) is 8.49. The number of hydrogen-bond acceptors (Lipinski definition) is 10. The van der Waals surface area contributed by atoms with E-state index in [1.54, 1.807) is 18.3 Å². The van der Waals surface area contributed by atoms with Crippen LogP contribution in [0.2, 0.25) is 0 Å². The molecule has 0 bridgehead atoms. The third-order valence-corrected chi connectivity index (χ3v) is 12.1. The first-order valence-corrected chi connectivity index (χ1v) is 22.6. The minimum absolute atomic E-state index is 0.222. The van der Waals surface area contributed by atoms with Gasteiger partial charge >= 0.3 is 23.9 Å². The van der Waals surface area contributed by atoms with Crippen molar-refractivity contribution in [3.8, 4) is 22.9 Å². The molecule has 0 saturated heterocycles. The summed E-state index contributed by atoms with van der Waals surface area (Å²) < 4.78 is 23.7. The molecule has 0 amide bonds. The van der Waals surface area contributed by atoms with Crippen LogP contribution in [0, 0.1) is 11.8 Å². The lowest BCUT2D eigenvalue weighted by Crippen LogP contribution is -2.30. The van der Waals surface area contributed by atoms with Gasteiger partial charge in [0.05, 0.1) is 17.2 Å². The van der Waals surface area contributed by atoms with E-state index in [1.165, 1.54) is 11.1 Å². The molecule has 1 aromatic heterocycles. The summed E-state index contributed by atoms with van der Waals surface area (Å²) in [5.41, 5.74) is 5.96. The zero-order chi connectivity index (χ0) is 43.3. The van der Waals surface area contributed by atoms with Crippen molar-refractivity contribution in [2.24, 2.45) is 11.8 Å². The third-order valence-electron chi connectivity index (χ3n) is 12.1. The van der Waals surface area contributed by atoms with E-state index in [-0.39, 0.29) is 59.4 Å². The fraction of sp³-hybridized carbons (Fsp3) is 0.423. The van der Waals surface area contributed by atoms with Crippen molar-refractivity contribution in [1.82, 2.24) is 9.97 Å². The van der Waals surface area contributed by atoms with E-state index in [4.69, 9.17) is 23.9 Å². The summed E-state index contributed by atoms with van der Waals surface area (Å²) in [5.74, 6) is -0.977. The normalized spacial score (nSPS) is 18.7. The SMILES string of the molecule is CCCc1ccc(CCC(=O)O[C@H]2CC[C@H](C(=O)Oc3ccc(OC(=O)[C@H]4CC[C@H](OC(=O)CCc5ccc(CCC)cc5)CC4)c4nc(-c5ccccc5)ncc34)CC2)cc1. The van der Waals surface area contributed by atoms with Crippen LogP contribution in [-0.2, 0) is 54.3 Å². The second-order valence-electron chi connectivity index (χ2n) is 16.8. The van der Waals surface area contributed by atoms with E-state index in [2.05, 4.69) is 67.4 Å². The molecular formula is C52H58N2O8. The monoisotopic (exact) mass is 838 g/mol. The van der Waals surface area contributed by atoms with E-state index in [9.17, 15) is 19.2 Å². The van der Waals surface area contributed by atoms with Crippen LogP contribution in [0.15, 0.2) is 97.2 Å². The lowest BCUT2D eigenvalue weighted by Gasteiger charge is -2.27. The number of rotatable bonds is 17. The lowest BCUT2D eigenvalue weighted by molar-refractivity contribution is -0.153. The van der Waals surface area contributed by atoms with Crippen LogP contribution < -0.4 is 9.47 Å². The second-order valence-corrected chi connectivity index (χ2v) is 16.8. The van der Waals surface area contributed by atoms with Gasteiger partial charge in [-0.25, -0.2) is 9.97 Å². The van der Waals surface area contributed by atoms with Crippen LogP contribution >= 0.6 is 0 Å². The van der Waals surface area contributed by atoms with Gasteiger partial charge in [0.15, 0.2) is 11.6 Å². The fourth-order valence-electron chi connectivity index (χ4n) is 8.49. The van der Waals surface area contributed by atoms with Gasteiger partial charge in [0, 0.05) is 24.6 Å². The van der Waals surface area contributed by atoms with Crippen molar-refractivity contribution in [3.63, 3.8) is 0 Å². The molecule has 0 radical (unpaired) electrons. The van der Waals surface area contributed by atoms with Crippen molar-refractivity contribution < 1.29 is 38.1 Å². The number of aryl methyl sites for hydroxylation is 4. The minimum Gasteiger partial charge on any atom is -0.462 e. The topological polar surface area (TPSA) is 131 Å². The van der Waals surface area contributed by atoms with Gasteiger partial charge in [0.1, 0.15) is 23.5 Å². The number of esters is 4. The average molecular weight is 839 g/mol. The number of nitrogens with zero attached hydrogens (tertiary/aromatic N) is 2. The van der Waals surface area contributed by atoms with Gasteiger partial charge < -0.3 is 18.9 Å². The molecule has 2 aliphatic rings. The number of fused-ring (bicyclic) bond motifs is 1. The summed E-state index contributed by atoms with van der Waals surface area (Å²) in [6, 6.07) is 29.5. The van der Waals surface area contributed by atoms with E-state index in [0.29, 0.717) is 93.8 Å². The smallest absolute Gasteiger partial charge is 0.314 e. The molecule has 1 heterocycles. The largest absolute Gasteiger partial charge is 0.462 e. The summed E-state index contributed by atoms with van der Waals surface area (Å²) >= 11 is 0. The van der Waals surface area contributed by atoms with Crippen LogP contribution in [0.1, 0.15) is 113 Å². The molecular weight excluding hydrogens is 781 g/mol. The zero-order valence-corrected chi connectivity index (χ0v) is 36.0. The van der Waals surface area contributed by atoms with Gasteiger partial charge in [-0.3, -0.25) is 19.2 Å². The Bertz CT molecular complexity index is 2280. The predicted molar refractivity (Wildman–Crippen MR) is 237 cm³/mol. The maximum atomic E-state index is 13.6. The molecule has 0 unspecified atom stereocenters. The predicted octanol–water partition coefficient (Wildman–Crippen LogP) is 10.5. The molecule has 0 N–H and O–H groups in total. The summed E-state index contributed by atoms with van der Waals surface area (Å²) in [4.78, 5) is 62.0. The zero-order valence-electron chi connectivity index (χ0n) is 36.0. The molecule has 7 rings (SSSR count). The van der Waals surface area contributed by atoms with Crippen molar-refractivity contribution in [2.75, 3.05) is 0 Å². The molecule has 10 nitrogen and oxygen atoms in total. The van der Waals surface area contributed by atoms with Crippen LogP contribution in [0.5, 0.6) is 11.5 Å². The third kappa shape index (κ3) is 12.1. The molecule has 0 spiro atoms. The van der Waals surface area contributed by atoms with Crippen molar-refractivity contribution in [1.29, 1.82) is 0 Å². The molecule has 324 valence electrons. The lowest BCUT2D eigenvalue weighted by atomic mass is 9.87. The van der Waals surface area contributed by atoms with Crippen LogP contribution in [0.3, 0.4) is 0 Å². The van der Waals surface area contributed by atoms with E-state index in [1.807, 2.05) is 30.3 Å². The maximum Gasteiger partial charge on any atom is 0.314 e. The molecule has 2 fully saturated rings. The molecule has 2 aliphatic carbocycles. The van der Waals surface area contributed by atoms with E-state index >= 15 is 0 Å². The molecule has 4 aromatic carbocycles. The van der Waals surface area contributed by atoms with Gasteiger partial charge in [0.2, 0.25) is 0 Å². The molecule has 10 heteroatoms. The van der Waals surface area contributed by atoms with Crippen molar-refractivity contribution in [3.05, 3.63) is 119 Å². The number of hydrogen-bond donors (Lipinski definition) is 0. The van der Waals surface area contributed by atoms with Gasteiger partial charge in [-0.05, 0) is 111 Å². The molecule has 0 aliphatic heterocycles. The summed E-state index contributed by atoms with van der Waals surface area (Å²) in [6.45, 7) is 4.32. The second kappa shape index (κ2) is 21.8. The molecule has 2 saturated carbocycles. The maximum absolute atomic E-state index is 13.6. The highest BCUT2D eigenvalue weighted by Crippen LogP contribution is 2.36. The van der Waals surface area contributed by atoms with Crippen molar-refractivity contribution >= 4 is 34.8 Å². The van der Waals surface area contributed by atoms with E-state index < -0.39 is 0 Å². The summed E-state index contributed by atoms with van der Waals surface area (Å²) in [7, 11) is 0. The Balaban J connectivity index is 0.924. The Morgan fingerprint density at radius 1 is 0.532 bits per heavy atom. The van der Waals surface area contributed by atoms with Gasteiger partial charge in [-0.1, -0.05) is 106 Å². The van der Waals surface area contributed by atoms with Crippen LogP contribution in [-0.4, -0.2) is 46.1 Å². The Kier molecular flexibility index (Phi) is 15.5. The molecule has 5 aromatic rings. The Hall–Kier alpha value is -5.90. The number of carbonyl (C=O) groups excluding carboxylic acids is 4. The van der Waals surface area contributed by atoms with Crippen LogP contribution in [0.4, 0.5) is 0 Å². The first-order chi connectivity index (χ1) is 30.2. The first-order valence-electron chi connectivity index (χ1n) is 22.6. The highest BCUT2D eigenvalue weighted by molar-refractivity contribution is 5.94. The quantitative estimate of drug-likeness (QED) is 0.0659. The Morgan fingerprint density at radius 3 is 1.44 bits per heavy atom. The number of carbonyl (C=O) groups is 4. The van der Waals surface area contributed by atoms with Gasteiger partial charge in [-0.15, -0.1) is 0 Å². The number of benzene rings is 4. The molecule has 62 heavy (non-hydrogen) atoms. The Morgan fingerprint density at radius 2 is 0.968 bits per heavy atom. The number of aromatic nitrogens is 2. The Labute approximate surface area is 364 Å². The first kappa shape index (κ1) is 44.2. The van der Waals surface area contributed by atoms with Gasteiger partial charge in [-0.2, -0.15) is 0 Å². The summed E-state index contributed by atoms with van der Waals surface area (Å²) in [5, 5.41) is 0.443. The highest BCUT2D eigenvalue weighted by atomic mass is 16.6. The molecule has 0 atom stereocenters.